The lowest BCUT2D eigenvalue weighted by Crippen LogP contribution is -2.34. The van der Waals surface area contributed by atoms with Gasteiger partial charge in [-0.2, -0.15) is 0 Å². The van der Waals surface area contributed by atoms with E-state index in [1.165, 1.54) is 13.8 Å². The molecule has 0 aromatic heterocycles. The molecular weight excluding hydrogens is 284 g/mol. The van der Waals surface area contributed by atoms with Gasteiger partial charge in [-0.05, 0) is 34.6 Å². The molecular formula is C17H27O5. The number of esters is 1. The number of carbonyl (C=O) groups is 4. The van der Waals surface area contributed by atoms with Crippen molar-refractivity contribution in [2.45, 2.75) is 54.9 Å². The number of ether oxygens (including phenoxy) is 1. The van der Waals surface area contributed by atoms with Crippen LogP contribution in [0.25, 0.3) is 0 Å². The minimum absolute atomic E-state index is 0.180. The summed E-state index contributed by atoms with van der Waals surface area (Å²) in [6.07, 6.45) is 0.263. The Hall–Kier alpha value is -1.52. The Balaban J connectivity index is 4.66. The molecule has 0 heterocycles. The van der Waals surface area contributed by atoms with E-state index in [0.29, 0.717) is 0 Å². The van der Waals surface area contributed by atoms with Gasteiger partial charge in [0.1, 0.15) is 18.2 Å². The number of carbonyl (C=O) groups excluding carboxylic acids is 4. The van der Waals surface area contributed by atoms with Crippen molar-refractivity contribution in [2.75, 3.05) is 0 Å². The molecule has 0 aromatic carbocycles. The average Bonchev–Trinajstić information content (AvgIpc) is 2.47. The highest BCUT2D eigenvalue weighted by Crippen LogP contribution is 2.20. The average molecular weight is 311 g/mol. The third kappa shape index (κ3) is 5.70. The standard InChI is InChI=1S/C17H27O5/c1-8-13(18)11(3)15(20)12(4)14(19)10(2)9-22-16(21)17(5,6)7/h9-12H,8H2,1-7H3. The Kier molecular flexibility index (Phi) is 7.64. The lowest BCUT2D eigenvalue weighted by molar-refractivity contribution is -0.150. The van der Waals surface area contributed by atoms with Gasteiger partial charge in [0, 0.05) is 6.42 Å². The predicted octanol–water partition coefficient (Wildman–Crippen LogP) is 2.76. The Morgan fingerprint density at radius 2 is 1.45 bits per heavy atom. The van der Waals surface area contributed by atoms with Crippen LogP contribution in [-0.2, 0) is 23.9 Å². The molecule has 0 spiro atoms. The first-order valence-electron chi connectivity index (χ1n) is 7.58. The van der Waals surface area contributed by atoms with Crippen LogP contribution in [0.15, 0.2) is 0 Å². The molecule has 0 N–H and O–H groups in total. The van der Waals surface area contributed by atoms with Crippen LogP contribution in [0, 0.1) is 29.8 Å². The zero-order valence-corrected chi connectivity index (χ0v) is 14.6. The van der Waals surface area contributed by atoms with Crippen LogP contribution in [0.1, 0.15) is 54.9 Å². The van der Waals surface area contributed by atoms with Crippen LogP contribution in [-0.4, -0.2) is 23.3 Å². The lowest BCUT2D eigenvalue weighted by atomic mass is 9.85. The molecule has 0 aliphatic carbocycles. The summed E-state index contributed by atoms with van der Waals surface area (Å²) in [6, 6.07) is 0. The largest absolute Gasteiger partial charge is 0.457 e. The molecule has 0 aliphatic heterocycles. The molecule has 5 nitrogen and oxygen atoms in total. The zero-order valence-electron chi connectivity index (χ0n) is 14.6. The number of hydrogen-bond acceptors (Lipinski definition) is 5. The molecule has 125 valence electrons. The lowest BCUT2D eigenvalue weighted by Gasteiger charge is -2.20. The second kappa shape index (κ2) is 8.20. The summed E-state index contributed by atoms with van der Waals surface area (Å²) < 4.78 is 4.99. The first-order valence-corrected chi connectivity index (χ1v) is 7.58. The van der Waals surface area contributed by atoms with Crippen LogP contribution in [0.2, 0.25) is 0 Å². The zero-order chi connectivity index (χ0) is 17.7. The second-order valence-corrected chi connectivity index (χ2v) is 6.65. The Morgan fingerprint density at radius 3 is 1.86 bits per heavy atom. The number of Topliss-reactive ketones (excluding diaryl/α,β-unsaturated/α-hetero) is 3. The molecule has 5 heteroatoms. The fraction of sp³-hybridized carbons (Fsp3) is 0.706. The number of ketones is 3. The maximum absolute atomic E-state index is 12.2. The molecule has 0 saturated carbocycles. The Morgan fingerprint density at radius 1 is 0.955 bits per heavy atom. The van der Waals surface area contributed by atoms with Crippen molar-refractivity contribution in [1.29, 1.82) is 0 Å². The highest BCUT2D eigenvalue weighted by molar-refractivity contribution is 6.11. The van der Waals surface area contributed by atoms with E-state index in [9.17, 15) is 19.2 Å². The maximum atomic E-state index is 12.2. The van der Waals surface area contributed by atoms with Crippen molar-refractivity contribution in [1.82, 2.24) is 0 Å². The third-order valence-corrected chi connectivity index (χ3v) is 3.55. The second-order valence-electron chi connectivity index (χ2n) is 6.65. The van der Waals surface area contributed by atoms with Crippen LogP contribution in [0.4, 0.5) is 0 Å². The molecule has 0 bridgehead atoms. The molecule has 0 saturated heterocycles. The fourth-order valence-corrected chi connectivity index (χ4v) is 1.78. The highest BCUT2D eigenvalue weighted by Gasteiger charge is 2.33. The van der Waals surface area contributed by atoms with Gasteiger partial charge in [0.2, 0.25) is 0 Å². The van der Waals surface area contributed by atoms with Crippen molar-refractivity contribution < 1.29 is 23.9 Å². The van der Waals surface area contributed by atoms with Crippen LogP contribution in [0.3, 0.4) is 0 Å². The van der Waals surface area contributed by atoms with E-state index >= 15 is 0 Å². The van der Waals surface area contributed by atoms with E-state index in [0.717, 1.165) is 6.61 Å². The van der Waals surface area contributed by atoms with E-state index in [2.05, 4.69) is 0 Å². The SMILES string of the molecule is CCC(=O)C(C)C(=O)C(C)C(=O)C(C)[CH]OC(=O)C(C)(C)C. The normalized spacial score (nSPS) is 15.6. The summed E-state index contributed by atoms with van der Waals surface area (Å²) in [5, 5.41) is 0. The van der Waals surface area contributed by atoms with Crippen LogP contribution < -0.4 is 0 Å². The third-order valence-electron chi connectivity index (χ3n) is 3.55. The fourth-order valence-electron chi connectivity index (χ4n) is 1.78. The molecule has 0 fully saturated rings. The van der Waals surface area contributed by atoms with Gasteiger partial charge >= 0.3 is 5.97 Å². The van der Waals surface area contributed by atoms with Crippen molar-refractivity contribution in [3.8, 4) is 0 Å². The summed E-state index contributed by atoms with van der Waals surface area (Å²) in [5.74, 6) is -3.75. The molecule has 0 aliphatic rings. The number of rotatable bonds is 8. The molecule has 1 radical (unpaired) electrons. The molecule has 3 atom stereocenters. The molecule has 0 rings (SSSR count). The molecule has 22 heavy (non-hydrogen) atoms. The first-order chi connectivity index (χ1) is 9.93. The smallest absolute Gasteiger partial charge is 0.311 e. The summed E-state index contributed by atoms with van der Waals surface area (Å²) in [4.78, 5) is 47.6. The van der Waals surface area contributed by atoms with Gasteiger partial charge in [-0.1, -0.05) is 13.8 Å². The summed E-state index contributed by atoms with van der Waals surface area (Å²) >= 11 is 0. The predicted molar refractivity (Wildman–Crippen MR) is 82.7 cm³/mol. The molecule has 3 unspecified atom stereocenters. The quantitative estimate of drug-likeness (QED) is 0.509. The number of hydrogen-bond donors (Lipinski definition) is 0. The van der Waals surface area contributed by atoms with Gasteiger partial charge in [0.15, 0.2) is 5.78 Å². The summed E-state index contributed by atoms with van der Waals surface area (Å²) in [5.41, 5.74) is -0.664. The topological polar surface area (TPSA) is 77.5 Å². The van der Waals surface area contributed by atoms with E-state index in [1.807, 2.05) is 0 Å². The first kappa shape index (κ1) is 20.5. The van der Waals surface area contributed by atoms with Crippen molar-refractivity contribution in [3.63, 3.8) is 0 Å². The Labute approximate surface area is 132 Å². The monoisotopic (exact) mass is 311 g/mol. The van der Waals surface area contributed by atoms with Gasteiger partial charge in [-0.15, -0.1) is 0 Å². The van der Waals surface area contributed by atoms with Crippen LogP contribution >= 0.6 is 0 Å². The van der Waals surface area contributed by atoms with Gasteiger partial charge in [0.25, 0.3) is 0 Å². The van der Waals surface area contributed by atoms with Crippen molar-refractivity contribution >= 4 is 23.3 Å². The van der Waals surface area contributed by atoms with Gasteiger partial charge in [-0.3, -0.25) is 19.2 Å². The highest BCUT2D eigenvalue weighted by atomic mass is 16.5. The molecule has 0 amide bonds. The summed E-state index contributed by atoms with van der Waals surface area (Å²) in [7, 11) is 0. The van der Waals surface area contributed by atoms with E-state index in [4.69, 9.17) is 4.74 Å². The van der Waals surface area contributed by atoms with Crippen molar-refractivity contribution in [2.24, 2.45) is 23.2 Å². The van der Waals surface area contributed by atoms with E-state index < -0.39 is 29.1 Å². The van der Waals surface area contributed by atoms with Gasteiger partial charge in [-0.25, -0.2) is 0 Å². The van der Waals surface area contributed by atoms with Crippen LogP contribution in [0.5, 0.6) is 0 Å². The minimum atomic E-state index is -0.898. The maximum Gasteiger partial charge on any atom is 0.311 e. The van der Waals surface area contributed by atoms with Gasteiger partial charge in [0.05, 0.1) is 23.2 Å². The molecule has 0 aromatic rings. The van der Waals surface area contributed by atoms with Gasteiger partial charge < -0.3 is 4.74 Å². The van der Waals surface area contributed by atoms with E-state index in [1.54, 1.807) is 34.6 Å². The summed E-state index contributed by atoms with van der Waals surface area (Å²) in [6.45, 7) is 12.5. The van der Waals surface area contributed by atoms with Crippen molar-refractivity contribution in [3.05, 3.63) is 6.61 Å². The van der Waals surface area contributed by atoms with E-state index in [-0.39, 0.29) is 23.8 Å². The Bertz CT molecular complexity index is 444. The minimum Gasteiger partial charge on any atom is -0.457 e.